The number of amides is 2. The van der Waals surface area contributed by atoms with Gasteiger partial charge in [0.2, 0.25) is 5.43 Å². The van der Waals surface area contributed by atoms with E-state index in [2.05, 4.69) is 10.2 Å². The summed E-state index contributed by atoms with van der Waals surface area (Å²) in [5, 5.41) is 13.1. The molecule has 2 amide bonds. The van der Waals surface area contributed by atoms with Gasteiger partial charge in [0.25, 0.3) is 11.8 Å². The van der Waals surface area contributed by atoms with Crippen molar-refractivity contribution in [3.05, 3.63) is 87.2 Å². The van der Waals surface area contributed by atoms with Crippen molar-refractivity contribution in [1.82, 2.24) is 19.7 Å². The van der Waals surface area contributed by atoms with E-state index in [0.29, 0.717) is 25.6 Å². The van der Waals surface area contributed by atoms with E-state index in [9.17, 15) is 28.3 Å². The van der Waals surface area contributed by atoms with Crippen molar-refractivity contribution < 1.29 is 27.9 Å². The summed E-state index contributed by atoms with van der Waals surface area (Å²) in [7, 11) is 0. The van der Waals surface area contributed by atoms with Gasteiger partial charge in [0.05, 0.1) is 19.4 Å². The van der Waals surface area contributed by atoms with Gasteiger partial charge in [0, 0.05) is 37.0 Å². The van der Waals surface area contributed by atoms with E-state index >= 15 is 0 Å². The Balaban J connectivity index is 1.44. The molecule has 2 aromatic heterocycles. The molecule has 11 heteroatoms. The Morgan fingerprint density at radius 1 is 1.25 bits per heavy atom. The third-order valence-electron chi connectivity index (χ3n) is 6.74. The second kappa shape index (κ2) is 9.23. The molecule has 9 nitrogen and oxygen atoms in total. The van der Waals surface area contributed by atoms with Gasteiger partial charge < -0.3 is 24.3 Å². The van der Waals surface area contributed by atoms with E-state index in [4.69, 9.17) is 4.42 Å². The predicted molar refractivity (Wildman–Crippen MR) is 123 cm³/mol. The van der Waals surface area contributed by atoms with Gasteiger partial charge in [-0.3, -0.25) is 19.3 Å². The maximum Gasteiger partial charge on any atom is 0.276 e. The highest BCUT2D eigenvalue weighted by atomic mass is 19.1. The summed E-state index contributed by atoms with van der Waals surface area (Å²) in [5.41, 5.74) is -1.53. The van der Waals surface area contributed by atoms with Crippen LogP contribution in [0.4, 0.5) is 8.78 Å². The molecule has 0 unspecified atom stereocenters. The van der Waals surface area contributed by atoms with Gasteiger partial charge in [-0.15, -0.1) is 0 Å². The number of carbonyl (C=O) groups excluding carboxylic acids is 2. The van der Waals surface area contributed by atoms with Crippen molar-refractivity contribution >= 4 is 11.8 Å². The molecule has 5 rings (SSSR count). The molecule has 3 aromatic rings. The van der Waals surface area contributed by atoms with Crippen LogP contribution in [0.15, 0.2) is 52.0 Å². The molecule has 2 aliphatic rings. The van der Waals surface area contributed by atoms with Crippen molar-refractivity contribution in [3.63, 3.8) is 0 Å². The highest BCUT2D eigenvalue weighted by molar-refractivity contribution is 5.99. The smallest absolute Gasteiger partial charge is 0.276 e. The minimum Gasteiger partial charge on any atom is -0.503 e. The Bertz CT molecular complexity index is 1390. The van der Waals surface area contributed by atoms with E-state index < -0.39 is 34.6 Å². The molecule has 2 N–H and O–H groups in total. The lowest BCUT2D eigenvalue weighted by Crippen LogP contribution is -2.63. The fraction of sp³-hybridized carbons (Fsp3) is 0.320. The molecule has 0 bridgehead atoms. The van der Waals surface area contributed by atoms with Gasteiger partial charge >= 0.3 is 0 Å². The minimum atomic E-state index is -0.998. The molecule has 1 fully saturated rings. The van der Waals surface area contributed by atoms with Crippen LogP contribution in [-0.2, 0) is 19.6 Å². The fourth-order valence-corrected chi connectivity index (χ4v) is 4.85. The Kier molecular flexibility index (Phi) is 6.09. The molecule has 2 aliphatic heterocycles. The largest absolute Gasteiger partial charge is 0.503 e. The quantitative estimate of drug-likeness (QED) is 0.560. The average Bonchev–Trinajstić information content (AvgIpc) is 3.35. The standard InChI is InChI=1S/C25H24F2N4O5/c1-14-6-7-29(11-17-3-2-8-36-17)20-13-30-12-18(22(32)23(33)21(30)25(35)31(14)20)24(34)28-10-15-4-5-16(26)9-19(15)27/h2-5,8-9,12,14,20,33H,6-7,10-11,13H2,1H3,(H,28,34)/t14-,20+/m0/s1. The van der Waals surface area contributed by atoms with Crippen molar-refractivity contribution in [2.75, 3.05) is 6.54 Å². The molecule has 0 aliphatic carbocycles. The number of aromatic hydroxyl groups is 1. The van der Waals surface area contributed by atoms with Crippen LogP contribution in [0, 0.1) is 11.6 Å². The number of halogens is 2. The van der Waals surface area contributed by atoms with Gasteiger partial charge in [-0.25, -0.2) is 8.78 Å². The van der Waals surface area contributed by atoms with Crippen LogP contribution in [0.1, 0.15) is 45.5 Å². The molecule has 188 valence electrons. The normalized spacial score (nSPS) is 19.6. The summed E-state index contributed by atoms with van der Waals surface area (Å²) in [4.78, 5) is 42.8. The van der Waals surface area contributed by atoms with E-state index in [0.717, 1.165) is 11.8 Å². The van der Waals surface area contributed by atoms with E-state index in [1.165, 1.54) is 16.8 Å². The molecule has 1 aromatic carbocycles. The number of nitrogens with zero attached hydrogens (tertiary/aromatic N) is 3. The monoisotopic (exact) mass is 498 g/mol. The summed E-state index contributed by atoms with van der Waals surface area (Å²) < 4.78 is 33.9. The number of rotatable bonds is 5. The van der Waals surface area contributed by atoms with Gasteiger partial charge in [-0.2, -0.15) is 0 Å². The van der Waals surface area contributed by atoms with Gasteiger partial charge in [0.15, 0.2) is 11.4 Å². The number of aromatic nitrogens is 1. The predicted octanol–water partition coefficient (Wildman–Crippen LogP) is 2.43. The Morgan fingerprint density at radius 2 is 2.06 bits per heavy atom. The number of carbonyl (C=O) groups is 2. The summed E-state index contributed by atoms with van der Waals surface area (Å²) in [6.45, 7) is 3.00. The van der Waals surface area contributed by atoms with Crippen LogP contribution < -0.4 is 10.7 Å². The second-order valence-corrected chi connectivity index (χ2v) is 9.02. The highest BCUT2D eigenvalue weighted by Gasteiger charge is 2.43. The third-order valence-corrected chi connectivity index (χ3v) is 6.74. The summed E-state index contributed by atoms with van der Waals surface area (Å²) in [5.74, 6) is -3.02. The number of hydrogen-bond acceptors (Lipinski definition) is 6. The van der Waals surface area contributed by atoms with Crippen molar-refractivity contribution in [1.29, 1.82) is 0 Å². The summed E-state index contributed by atoms with van der Waals surface area (Å²) >= 11 is 0. The zero-order valence-corrected chi connectivity index (χ0v) is 19.4. The minimum absolute atomic E-state index is 0.0302. The first-order chi connectivity index (χ1) is 17.2. The third kappa shape index (κ3) is 4.15. The van der Waals surface area contributed by atoms with Crippen LogP contribution in [0.5, 0.6) is 5.75 Å². The lowest BCUT2D eigenvalue weighted by molar-refractivity contribution is -0.0386. The molecule has 36 heavy (non-hydrogen) atoms. The molecule has 0 spiro atoms. The number of fused-ring (bicyclic) bond motifs is 2. The molecule has 0 radical (unpaired) electrons. The van der Waals surface area contributed by atoms with Crippen molar-refractivity contribution in [3.8, 4) is 5.75 Å². The Labute approximate surface area is 204 Å². The fourth-order valence-electron chi connectivity index (χ4n) is 4.85. The number of furan rings is 1. The summed E-state index contributed by atoms with van der Waals surface area (Å²) in [6.07, 6.45) is 3.14. The maximum atomic E-state index is 13.9. The summed E-state index contributed by atoms with van der Waals surface area (Å²) in [6, 6.07) is 6.45. The lowest BCUT2D eigenvalue weighted by Gasteiger charge is -2.50. The molecule has 1 saturated heterocycles. The topological polar surface area (TPSA) is 108 Å². The number of nitrogens with one attached hydrogen (secondary N) is 1. The van der Waals surface area contributed by atoms with Crippen LogP contribution in [0.3, 0.4) is 0 Å². The zero-order chi connectivity index (χ0) is 25.6. The first-order valence-electron chi connectivity index (χ1n) is 11.5. The van der Waals surface area contributed by atoms with Crippen LogP contribution >= 0.6 is 0 Å². The Morgan fingerprint density at radius 3 is 2.78 bits per heavy atom. The van der Waals surface area contributed by atoms with Gasteiger partial charge in [0.1, 0.15) is 29.1 Å². The van der Waals surface area contributed by atoms with E-state index in [1.807, 2.05) is 13.0 Å². The zero-order valence-electron chi connectivity index (χ0n) is 19.4. The first kappa shape index (κ1) is 23.7. The number of pyridine rings is 1. The molecule has 4 heterocycles. The Hall–Kier alpha value is -3.99. The molecular formula is C25H24F2N4O5. The maximum absolute atomic E-state index is 13.9. The van der Waals surface area contributed by atoms with Crippen LogP contribution in [0.25, 0.3) is 0 Å². The molecule has 0 saturated carbocycles. The molecule has 2 atom stereocenters. The van der Waals surface area contributed by atoms with Gasteiger partial charge in [-0.05, 0) is 31.5 Å². The average molecular weight is 498 g/mol. The number of benzene rings is 1. The number of hydrogen-bond donors (Lipinski definition) is 2. The van der Waals surface area contributed by atoms with Crippen molar-refractivity contribution in [2.24, 2.45) is 0 Å². The lowest BCUT2D eigenvalue weighted by atomic mass is 10.0. The second-order valence-electron chi connectivity index (χ2n) is 9.02. The van der Waals surface area contributed by atoms with E-state index in [-0.39, 0.29) is 42.1 Å². The van der Waals surface area contributed by atoms with E-state index in [1.54, 1.807) is 17.2 Å². The van der Waals surface area contributed by atoms with Crippen LogP contribution in [0.2, 0.25) is 0 Å². The highest BCUT2D eigenvalue weighted by Crippen LogP contribution is 2.31. The van der Waals surface area contributed by atoms with Gasteiger partial charge in [-0.1, -0.05) is 6.07 Å². The van der Waals surface area contributed by atoms with Crippen molar-refractivity contribution in [2.45, 2.75) is 45.2 Å². The SMILES string of the molecule is C[C@H]1CCN(Cc2ccco2)[C@H]2Cn3cc(C(=O)NCc4ccc(F)cc4F)c(=O)c(O)c3C(=O)N21. The molecular weight excluding hydrogens is 474 g/mol. The van der Waals surface area contributed by atoms with Crippen LogP contribution in [-0.4, -0.2) is 50.0 Å². The first-order valence-corrected chi connectivity index (χ1v) is 11.5.